The van der Waals surface area contributed by atoms with Gasteiger partial charge in [0, 0.05) is 18.0 Å². The number of carbonyl (C=O) groups excluding carboxylic acids is 1. The molecule has 17 heavy (non-hydrogen) atoms. The van der Waals surface area contributed by atoms with Crippen LogP contribution in [-0.4, -0.2) is 24.0 Å². The van der Waals surface area contributed by atoms with Crippen molar-refractivity contribution in [1.29, 1.82) is 0 Å². The number of hydrogen-bond acceptors (Lipinski definition) is 3. The highest BCUT2D eigenvalue weighted by Crippen LogP contribution is 2.21. The second kappa shape index (κ2) is 7.10. The van der Waals surface area contributed by atoms with Crippen LogP contribution in [0.2, 0.25) is 5.02 Å². The fourth-order valence-corrected chi connectivity index (χ4v) is 2.01. The molecule has 1 aromatic rings. The molecule has 3 N–H and O–H groups in total. The third-order valence-electron chi connectivity index (χ3n) is 1.99. The number of nitrogens with one attached hydrogen (secondary N) is 1. The minimum Gasteiger partial charge on any atom is -0.398 e. The van der Waals surface area contributed by atoms with Crippen LogP contribution in [0.3, 0.4) is 0 Å². The van der Waals surface area contributed by atoms with Gasteiger partial charge in [-0.25, -0.2) is 0 Å². The maximum Gasteiger partial charge on any atom is 0.254 e. The smallest absolute Gasteiger partial charge is 0.254 e. The molecule has 1 amide bonds. The molecule has 0 aliphatic rings. The lowest BCUT2D eigenvalue weighted by atomic mass is 10.1. The average Bonchev–Trinajstić information content (AvgIpc) is 2.28. The molecule has 0 saturated heterocycles. The summed E-state index contributed by atoms with van der Waals surface area (Å²) in [4.78, 5) is 11.8. The lowest BCUT2D eigenvalue weighted by Crippen LogP contribution is -2.26. The van der Waals surface area contributed by atoms with E-state index >= 15 is 0 Å². The van der Waals surface area contributed by atoms with Gasteiger partial charge in [0.15, 0.2) is 0 Å². The lowest BCUT2D eigenvalue weighted by molar-refractivity contribution is 0.0957. The van der Waals surface area contributed by atoms with Crippen molar-refractivity contribution in [3.8, 4) is 12.3 Å². The molecule has 0 atom stereocenters. The van der Waals surface area contributed by atoms with Crippen LogP contribution in [0.25, 0.3) is 0 Å². The Morgan fingerprint density at radius 1 is 1.59 bits per heavy atom. The van der Waals surface area contributed by atoms with Gasteiger partial charge in [-0.2, -0.15) is 0 Å². The molecule has 3 nitrogen and oxygen atoms in total. The number of thioether (sulfide) groups is 1. The molecule has 5 heteroatoms. The minimum absolute atomic E-state index is 0.255. The number of carbonyl (C=O) groups is 1. The standard InChI is InChI=1S/C12H13ClN2OS/c1-2-7-17-8-6-15-12(16)11-9(13)4-3-5-10(11)14/h1,3-5H,6-8,14H2,(H,15,16). The van der Waals surface area contributed by atoms with Crippen molar-refractivity contribution in [1.82, 2.24) is 5.32 Å². The van der Waals surface area contributed by atoms with Crippen LogP contribution in [0, 0.1) is 12.3 Å². The van der Waals surface area contributed by atoms with Crippen LogP contribution in [0.4, 0.5) is 5.69 Å². The predicted octanol–water partition coefficient (Wildman–Crippen LogP) is 2.02. The normalized spacial score (nSPS) is 9.65. The summed E-state index contributed by atoms with van der Waals surface area (Å²) in [6, 6.07) is 4.99. The van der Waals surface area contributed by atoms with Crippen molar-refractivity contribution in [2.24, 2.45) is 0 Å². The molecule has 1 rings (SSSR count). The number of terminal acetylenes is 1. The maximum absolute atomic E-state index is 11.8. The number of anilines is 1. The van der Waals surface area contributed by atoms with E-state index < -0.39 is 0 Å². The van der Waals surface area contributed by atoms with Gasteiger partial charge in [0.2, 0.25) is 0 Å². The second-order valence-corrected chi connectivity index (χ2v) is 4.73. The van der Waals surface area contributed by atoms with Gasteiger partial charge in [-0.15, -0.1) is 18.2 Å². The summed E-state index contributed by atoms with van der Waals surface area (Å²) in [7, 11) is 0. The Kier molecular flexibility index (Phi) is 5.75. The molecule has 0 saturated carbocycles. The van der Waals surface area contributed by atoms with E-state index in [1.54, 1.807) is 30.0 Å². The second-order valence-electron chi connectivity index (χ2n) is 3.22. The van der Waals surface area contributed by atoms with Crippen LogP contribution in [-0.2, 0) is 0 Å². The van der Waals surface area contributed by atoms with Crippen molar-refractivity contribution >= 4 is 35.0 Å². The molecule has 0 spiro atoms. The number of nitrogen functional groups attached to an aromatic ring is 1. The first-order valence-corrected chi connectivity index (χ1v) is 6.53. The molecule has 0 bridgehead atoms. The molecular weight excluding hydrogens is 256 g/mol. The van der Waals surface area contributed by atoms with E-state index in [0.717, 1.165) is 5.75 Å². The van der Waals surface area contributed by atoms with E-state index in [1.165, 1.54) is 0 Å². The summed E-state index contributed by atoms with van der Waals surface area (Å²) < 4.78 is 0. The highest BCUT2D eigenvalue weighted by molar-refractivity contribution is 7.99. The molecule has 1 aromatic carbocycles. The summed E-state index contributed by atoms with van der Waals surface area (Å²) in [6.45, 7) is 0.538. The van der Waals surface area contributed by atoms with Crippen LogP contribution < -0.4 is 11.1 Å². The van der Waals surface area contributed by atoms with Gasteiger partial charge < -0.3 is 11.1 Å². The number of nitrogens with two attached hydrogens (primary N) is 1. The fourth-order valence-electron chi connectivity index (χ4n) is 1.24. The first-order valence-electron chi connectivity index (χ1n) is 5.00. The molecule has 0 heterocycles. The lowest BCUT2D eigenvalue weighted by Gasteiger charge is -2.08. The molecular formula is C12H13ClN2OS. The highest BCUT2D eigenvalue weighted by atomic mass is 35.5. The Labute approximate surface area is 110 Å². The van der Waals surface area contributed by atoms with Crippen molar-refractivity contribution in [3.63, 3.8) is 0 Å². The summed E-state index contributed by atoms with van der Waals surface area (Å²) in [5.41, 5.74) is 6.41. The zero-order chi connectivity index (χ0) is 12.7. The van der Waals surface area contributed by atoms with Crippen LogP contribution in [0.15, 0.2) is 18.2 Å². The van der Waals surface area contributed by atoms with E-state index in [0.29, 0.717) is 28.6 Å². The molecule has 0 radical (unpaired) electrons. The van der Waals surface area contributed by atoms with E-state index in [4.69, 9.17) is 23.8 Å². The van der Waals surface area contributed by atoms with Gasteiger partial charge in [-0.3, -0.25) is 4.79 Å². The van der Waals surface area contributed by atoms with Gasteiger partial charge in [0.1, 0.15) is 0 Å². The van der Waals surface area contributed by atoms with Gasteiger partial charge in [0.05, 0.1) is 16.3 Å². The highest BCUT2D eigenvalue weighted by Gasteiger charge is 2.12. The first kappa shape index (κ1) is 13.8. The van der Waals surface area contributed by atoms with E-state index in [-0.39, 0.29) is 5.91 Å². The average molecular weight is 269 g/mol. The van der Waals surface area contributed by atoms with Crippen molar-refractivity contribution in [3.05, 3.63) is 28.8 Å². The largest absolute Gasteiger partial charge is 0.398 e. The summed E-state index contributed by atoms with van der Waals surface area (Å²) in [5.74, 6) is 3.67. The quantitative estimate of drug-likeness (QED) is 0.488. The topological polar surface area (TPSA) is 55.1 Å². The molecule has 0 aliphatic carbocycles. The number of amides is 1. The zero-order valence-electron chi connectivity index (χ0n) is 9.20. The Balaban J connectivity index is 2.51. The van der Waals surface area contributed by atoms with Crippen LogP contribution in [0.1, 0.15) is 10.4 Å². The number of rotatable bonds is 5. The Bertz CT molecular complexity index is 422. The molecule has 0 aromatic heterocycles. The fraction of sp³-hybridized carbons (Fsp3) is 0.250. The predicted molar refractivity (Wildman–Crippen MR) is 74.4 cm³/mol. The van der Waals surface area contributed by atoms with E-state index in [9.17, 15) is 4.79 Å². The Morgan fingerprint density at radius 3 is 3.00 bits per heavy atom. The van der Waals surface area contributed by atoms with Gasteiger partial charge >= 0.3 is 0 Å². The van der Waals surface area contributed by atoms with Crippen molar-refractivity contribution in [2.75, 3.05) is 23.8 Å². The number of halogens is 1. The van der Waals surface area contributed by atoms with Gasteiger partial charge in [-0.05, 0) is 12.1 Å². The zero-order valence-corrected chi connectivity index (χ0v) is 10.8. The van der Waals surface area contributed by atoms with Crippen LogP contribution >= 0.6 is 23.4 Å². The van der Waals surface area contributed by atoms with Gasteiger partial charge in [-0.1, -0.05) is 23.6 Å². The monoisotopic (exact) mass is 268 g/mol. The summed E-state index contributed by atoms with van der Waals surface area (Å²) in [5, 5.41) is 3.11. The maximum atomic E-state index is 11.8. The van der Waals surface area contributed by atoms with Crippen molar-refractivity contribution in [2.45, 2.75) is 0 Å². The number of benzene rings is 1. The summed E-state index contributed by atoms with van der Waals surface area (Å²) >= 11 is 7.50. The van der Waals surface area contributed by atoms with Crippen LogP contribution in [0.5, 0.6) is 0 Å². The third kappa shape index (κ3) is 4.22. The minimum atomic E-state index is -0.255. The van der Waals surface area contributed by atoms with Gasteiger partial charge in [0.25, 0.3) is 5.91 Å². The Hall–Kier alpha value is -1.31. The van der Waals surface area contributed by atoms with E-state index in [2.05, 4.69) is 11.2 Å². The number of hydrogen-bond donors (Lipinski definition) is 2. The molecule has 0 unspecified atom stereocenters. The third-order valence-corrected chi connectivity index (χ3v) is 3.17. The molecule has 0 fully saturated rings. The van der Waals surface area contributed by atoms with E-state index in [1.807, 2.05) is 0 Å². The molecule has 90 valence electrons. The summed E-state index contributed by atoms with van der Waals surface area (Å²) in [6.07, 6.45) is 5.11. The SMILES string of the molecule is C#CCSCCNC(=O)c1c(N)cccc1Cl. The molecule has 0 aliphatic heterocycles. The Morgan fingerprint density at radius 2 is 2.35 bits per heavy atom. The van der Waals surface area contributed by atoms with Crippen molar-refractivity contribution < 1.29 is 4.79 Å². The first-order chi connectivity index (χ1) is 8.16.